The first-order valence-electron chi connectivity index (χ1n) is 11.1. The summed E-state index contributed by atoms with van der Waals surface area (Å²) in [4.78, 5) is 9.35. The number of likely N-dealkylation sites (tertiary alicyclic amines) is 2. The second-order valence-electron chi connectivity index (χ2n) is 8.34. The number of likely N-dealkylation sites (N-methyl/N-ethyl adjacent to an activating group) is 2. The molecular weight excluding hydrogens is 540 g/mol. The fourth-order valence-electron chi connectivity index (χ4n) is 3.36. The van der Waals surface area contributed by atoms with E-state index in [1.165, 1.54) is 71.4 Å². The zero-order valence-electron chi connectivity index (χ0n) is 21.9. The van der Waals surface area contributed by atoms with Crippen LogP contribution in [0.15, 0.2) is 0 Å². The molecule has 0 saturated carbocycles. The maximum Gasteiger partial charge on any atom is 0.0594 e. The average Bonchev–Trinajstić information content (AvgIpc) is 3.16. The number of hydrogen-bond donors (Lipinski definition) is 1. The van der Waals surface area contributed by atoms with Crippen molar-refractivity contribution in [2.75, 3.05) is 107 Å². The molecule has 8 heteroatoms. The fraction of sp³-hybridized carbons (Fsp3) is 0.913. The Morgan fingerprint density at radius 1 is 0.484 bits per heavy atom. The third-order valence-electron chi connectivity index (χ3n) is 5.48. The Kier molecular flexibility index (Phi) is 36.5. The van der Waals surface area contributed by atoms with Crippen molar-refractivity contribution in [1.82, 2.24) is 24.9 Å². The first-order valence-corrected chi connectivity index (χ1v) is 11.1. The number of hydrogen-bond acceptors (Lipinski definition) is 6. The van der Waals surface area contributed by atoms with Gasteiger partial charge >= 0.3 is 0 Å². The zero-order valence-corrected chi connectivity index (χ0v) is 27.5. The Morgan fingerprint density at radius 2 is 0.806 bits per heavy atom. The minimum atomic E-state index is 0. The summed E-state index contributed by atoms with van der Waals surface area (Å²) in [5.41, 5.74) is 0. The van der Waals surface area contributed by atoms with Gasteiger partial charge < -0.3 is 44.5 Å². The predicted molar refractivity (Wildman–Crippen MR) is 130 cm³/mol. The number of nitrogens with zero attached hydrogens (tertiary/aromatic N) is 4. The van der Waals surface area contributed by atoms with Gasteiger partial charge in [-0.25, -0.2) is 0 Å². The van der Waals surface area contributed by atoms with E-state index in [2.05, 4.69) is 53.1 Å². The molecule has 4 fully saturated rings. The van der Waals surface area contributed by atoms with Gasteiger partial charge in [0.1, 0.15) is 0 Å². The van der Waals surface area contributed by atoms with Gasteiger partial charge in [0.2, 0.25) is 0 Å². The van der Waals surface area contributed by atoms with E-state index in [-0.39, 0.29) is 80.3 Å². The van der Waals surface area contributed by atoms with Crippen LogP contribution in [0.2, 0.25) is 0 Å². The van der Waals surface area contributed by atoms with Gasteiger partial charge in [0.05, 0.1) is 13.2 Å². The van der Waals surface area contributed by atoms with Crippen LogP contribution < -0.4 is 5.32 Å². The summed E-state index contributed by atoms with van der Waals surface area (Å²) in [5, 5.41) is 3.27. The van der Waals surface area contributed by atoms with E-state index in [0.29, 0.717) is 0 Å². The molecule has 0 amide bonds. The molecule has 0 spiro atoms. The van der Waals surface area contributed by atoms with Crippen molar-refractivity contribution >= 4 is 0 Å². The van der Waals surface area contributed by atoms with Crippen molar-refractivity contribution in [3.05, 3.63) is 14.9 Å². The largest absolute Gasteiger partial charge is 0.379 e. The maximum absolute atomic E-state index is 5.10. The molecule has 0 aliphatic carbocycles. The number of rotatable bonds is 0. The Bertz CT molecular complexity index is 281. The molecule has 0 aromatic rings. The molecule has 0 atom stereocenters. The van der Waals surface area contributed by atoms with E-state index < -0.39 is 0 Å². The van der Waals surface area contributed by atoms with Crippen LogP contribution in [-0.2, 0) is 70.2 Å². The van der Waals surface area contributed by atoms with Crippen LogP contribution in [0.1, 0.15) is 32.1 Å². The molecule has 1 N–H and O–H groups in total. The van der Waals surface area contributed by atoms with Gasteiger partial charge in [0, 0.05) is 105 Å². The Labute approximate surface area is 246 Å². The summed E-state index contributed by atoms with van der Waals surface area (Å²) in [7, 11) is 8.63. The van der Waals surface area contributed by atoms with Crippen LogP contribution in [0.4, 0.5) is 0 Å². The van der Waals surface area contributed by atoms with E-state index in [0.717, 1.165) is 39.4 Å². The van der Waals surface area contributed by atoms with Crippen LogP contribution in [0.25, 0.3) is 0 Å². The number of ether oxygens (including phenoxy) is 1. The standard InChI is InChI=1S/C6H13N.C5H12N2.C5H11NO.C5H11N.2CH3.2Y/c1-7-5-3-2-4-6-7;1-7-4-2-6-3-5-7;1-6-2-4-7-5-3-6;1-6-4-2-3-5-6;;;;/h2-6H2,1H3;6H,2-5H2,1H3;2-5H2,1H3;2-5H2,1H3;2*1H3;;/q;;;;2*-1;;. The van der Waals surface area contributed by atoms with Crippen LogP contribution >= 0.6 is 0 Å². The molecule has 0 aromatic carbocycles. The summed E-state index contributed by atoms with van der Waals surface area (Å²) >= 11 is 0. The second-order valence-corrected chi connectivity index (χ2v) is 8.34. The summed E-state index contributed by atoms with van der Waals surface area (Å²) in [5.74, 6) is 0. The van der Waals surface area contributed by atoms with Gasteiger partial charge in [0.15, 0.2) is 0 Å². The molecule has 4 aliphatic heterocycles. The first kappa shape index (κ1) is 40.1. The SMILES string of the molecule is CN1CCCC1.CN1CCCCC1.CN1CCNCC1.CN1CCOCC1.[CH3-].[CH3-].[Y].[Y]. The monoisotopic (exact) mass is 593 g/mol. The summed E-state index contributed by atoms with van der Waals surface area (Å²) in [6.07, 6.45) is 7.10. The van der Waals surface area contributed by atoms with E-state index >= 15 is 0 Å². The molecule has 0 aromatic heterocycles. The van der Waals surface area contributed by atoms with Gasteiger partial charge in [-0.05, 0) is 80.1 Å². The fourth-order valence-corrected chi connectivity index (χ4v) is 3.36. The van der Waals surface area contributed by atoms with Gasteiger partial charge in [-0.2, -0.15) is 0 Å². The molecule has 31 heavy (non-hydrogen) atoms. The topological polar surface area (TPSA) is 34.2 Å². The quantitative estimate of drug-likeness (QED) is 0.434. The van der Waals surface area contributed by atoms with Crippen molar-refractivity contribution in [1.29, 1.82) is 0 Å². The summed E-state index contributed by atoms with van der Waals surface area (Å²) < 4.78 is 5.10. The van der Waals surface area contributed by atoms with Crippen LogP contribution in [0.3, 0.4) is 0 Å². The van der Waals surface area contributed by atoms with E-state index in [4.69, 9.17) is 4.74 Å². The van der Waals surface area contributed by atoms with Gasteiger partial charge in [-0.3, -0.25) is 0 Å². The Balaban J connectivity index is -0.000000151. The van der Waals surface area contributed by atoms with E-state index in [1.807, 2.05) is 0 Å². The van der Waals surface area contributed by atoms with Gasteiger partial charge in [0.25, 0.3) is 0 Å². The summed E-state index contributed by atoms with van der Waals surface area (Å²) in [6, 6.07) is 0. The molecule has 0 bridgehead atoms. The maximum atomic E-state index is 5.10. The van der Waals surface area contributed by atoms with E-state index in [9.17, 15) is 0 Å². The molecule has 2 radical (unpaired) electrons. The van der Waals surface area contributed by atoms with Crippen molar-refractivity contribution in [3.8, 4) is 0 Å². The van der Waals surface area contributed by atoms with Crippen molar-refractivity contribution in [3.63, 3.8) is 0 Å². The third-order valence-corrected chi connectivity index (χ3v) is 5.48. The van der Waals surface area contributed by atoms with Crippen LogP contribution in [0, 0.1) is 14.9 Å². The zero-order chi connectivity index (χ0) is 19.7. The molecule has 0 unspecified atom stereocenters. The van der Waals surface area contributed by atoms with Gasteiger partial charge in [-0.1, -0.05) is 6.42 Å². The van der Waals surface area contributed by atoms with Crippen molar-refractivity contribution in [2.45, 2.75) is 32.1 Å². The second kappa shape index (κ2) is 28.2. The van der Waals surface area contributed by atoms with E-state index in [1.54, 1.807) is 0 Å². The van der Waals surface area contributed by atoms with Gasteiger partial charge in [-0.15, -0.1) is 0 Å². The molecule has 4 rings (SSSR count). The molecule has 4 heterocycles. The van der Waals surface area contributed by atoms with Crippen LogP contribution in [-0.4, -0.2) is 126 Å². The van der Waals surface area contributed by atoms with Crippen molar-refractivity contribution < 1.29 is 70.2 Å². The molecule has 184 valence electrons. The molecule has 4 saturated heterocycles. The predicted octanol–water partition coefficient (Wildman–Crippen LogP) is 2.18. The van der Waals surface area contributed by atoms with Crippen molar-refractivity contribution in [2.24, 2.45) is 0 Å². The minimum Gasteiger partial charge on any atom is -0.379 e. The smallest absolute Gasteiger partial charge is 0.0594 e. The summed E-state index contributed by atoms with van der Waals surface area (Å²) in [6.45, 7) is 14.0. The normalized spacial score (nSPS) is 22.1. The Hall–Kier alpha value is 1.97. The molecular formula is C23H53N5OY2-2. The first-order chi connectivity index (χ1) is 13.1. The number of piperidine rings is 1. The number of nitrogens with one attached hydrogen (secondary N) is 1. The van der Waals surface area contributed by atoms with Crippen LogP contribution in [0.5, 0.6) is 0 Å². The molecule has 4 aliphatic rings. The average molecular weight is 594 g/mol. The number of piperazine rings is 1. The number of morpholine rings is 1. The Morgan fingerprint density at radius 3 is 1.00 bits per heavy atom. The third kappa shape index (κ3) is 26.4. The minimum absolute atomic E-state index is 0. The molecule has 6 nitrogen and oxygen atoms in total.